The molecule has 0 saturated carbocycles. The molecule has 3 nitrogen and oxygen atoms in total. The molecule has 4 aromatic rings. The lowest BCUT2D eigenvalue weighted by atomic mass is 9.97. The summed E-state index contributed by atoms with van der Waals surface area (Å²) in [7, 11) is 0. The molecule has 0 atom stereocenters. The Morgan fingerprint density at radius 2 is 1.69 bits per heavy atom. The van der Waals surface area contributed by atoms with Crippen molar-refractivity contribution in [3.05, 3.63) is 76.6 Å². The van der Waals surface area contributed by atoms with Crippen molar-refractivity contribution in [2.75, 3.05) is 5.73 Å². The summed E-state index contributed by atoms with van der Waals surface area (Å²) in [6.45, 7) is 2.06. The first-order chi connectivity index (χ1) is 12.5. The number of anilines is 1. The average molecular weight is 408 g/mol. The Hall–Kier alpha value is -2.79. The van der Waals surface area contributed by atoms with E-state index >= 15 is 0 Å². The number of rotatable bonds is 2. The summed E-state index contributed by atoms with van der Waals surface area (Å²) in [5.74, 6) is 0.111. The number of fused-ring (bicyclic) bond motifs is 1. The second kappa shape index (κ2) is 6.50. The van der Waals surface area contributed by atoms with E-state index in [1.807, 2.05) is 30.5 Å². The van der Waals surface area contributed by atoms with Crippen molar-refractivity contribution < 1.29 is 4.39 Å². The first-order valence-electron chi connectivity index (χ1n) is 8.10. The van der Waals surface area contributed by atoms with E-state index in [1.165, 1.54) is 12.1 Å². The van der Waals surface area contributed by atoms with Crippen LogP contribution in [-0.4, -0.2) is 9.97 Å². The zero-order valence-electron chi connectivity index (χ0n) is 14.0. The van der Waals surface area contributed by atoms with Gasteiger partial charge in [0.25, 0.3) is 0 Å². The van der Waals surface area contributed by atoms with Gasteiger partial charge in [0.15, 0.2) is 0 Å². The SMILES string of the molecule is Cc1ccnc2ccc(-c3cc(Br)c(N)nc3-c3ccc(F)cc3)cc12. The summed E-state index contributed by atoms with van der Waals surface area (Å²) in [4.78, 5) is 8.96. The molecule has 26 heavy (non-hydrogen) atoms. The number of nitrogen functional groups attached to an aromatic ring is 1. The fraction of sp³-hybridized carbons (Fsp3) is 0.0476. The van der Waals surface area contributed by atoms with Crippen LogP contribution in [0.15, 0.2) is 65.3 Å². The predicted octanol–water partition coefficient (Wildman–Crippen LogP) is 5.76. The molecular weight excluding hydrogens is 393 g/mol. The van der Waals surface area contributed by atoms with E-state index in [4.69, 9.17) is 5.73 Å². The minimum absolute atomic E-state index is 0.284. The molecule has 0 radical (unpaired) electrons. The van der Waals surface area contributed by atoms with Gasteiger partial charge in [-0.25, -0.2) is 9.37 Å². The Kier molecular flexibility index (Phi) is 4.17. The van der Waals surface area contributed by atoms with Gasteiger partial charge < -0.3 is 5.73 Å². The molecule has 128 valence electrons. The molecule has 0 spiro atoms. The first kappa shape index (κ1) is 16.7. The average Bonchev–Trinajstić information content (AvgIpc) is 2.64. The maximum atomic E-state index is 13.3. The second-order valence-corrected chi connectivity index (χ2v) is 6.97. The lowest BCUT2D eigenvalue weighted by molar-refractivity contribution is 0.628. The Morgan fingerprint density at radius 3 is 2.46 bits per heavy atom. The summed E-state index contributed by atoms with van der Waals surface area (Å²) in [5, 5.41) is 1.09. The van der Waals surface area contributed by atoms with Crippen LogP contribution in [0.3, 0.4) is 0 Å². The lowest BCUT2D eigenvalue weighted by Gasteiger charge is -2.13. The van der Waals surface area contributed by atoms with Crippen LogP contribution >= 0.6 is 15.9 Å². The van der Waals surface area contributed by atoms with Gasteiger partial charge in [0.2, 0.25) is 0 Å². The molecule has 2 N–H and O–H groups in total. The van der Waals surface area contributed by atoms with Crippen molar-refractivity contribution in [3.63, 3.8) is 0 Å². The van der Waals surface area contributed by atoms with Crippen LogP contribution in [0.5, 0.6) is 0 Å². The molecule has 0 aliphatic heterocycles. The Balaban J connectivity index is 1.97. The van der Waals surface area contributed by atoms with Gasteiger partial charge >= 0.3 is 0 Å². The van der Waals surface area contributed by atoms with E-state index < -0.39 is 0 Å². The Labute approximate surface area is 158 Å². The van der Waals surface area contributed by atoms with Crippen molar-refractivity contribution in [2.45, 2.75) is 6.92 Å². The molecule has 0 unspecified atom stereocenters. The number of aromatic nitrogens is 2. The van der Waals surface area contributed by atoms with Crippen molar-refractivity contribution in [2.24, 2.45) is 0 Å². The number of nitrogens with zero attached hydrogens (tertiary/aromatic N) is 2. The van der Waals surface area contributed by atoms with Crippen LogP contribution in [0.2, 0.25) is 0 Å². The van der Waals surface area contributed by atoms with Gasteiger partial charge in [0.05, 0.1) is 15.7 Å². The monoisotopic (exact) mass is 407 g/mol. The van der Waals surface area contributed by atoms with Gasteiger partial charge in [-0.05, 0) is 82.5 Å². The van der Waals surface area contributed by atoms with E-state index in [0.717, 1.165) is 37.6 Å². The standard InChI is InChI=1S/C21H15BrFN3/c1-12-8-9-25-19-7-4-14(10-16(12)19)17-11-18(22)21(24)26-20(17)13-2-5-15(23)6-3-13/h2-11H,1H3,(H2,24,26). The van der Waals surface area contributed by atoms with Gasteiger partial charge in [-0.1, -0.05) is 6.07 Å². The third kappa shape index (κ3) is 2.95. The Bertz CT molecular complexity index is 1120. The minimum Gasteiger partial charge on any atom is -0.383 e. The third-order valence-corrected chi connectivity index (χ3v) is 5.03. The minimum atomic E-state index is -0.284. The summed E-state index contributed by atoms with van der Waals surface area (Å²) >= 11 is 3.47. The highest BCUT2D eigenvalue weighted by atomic mass is 79.9. The molecule has 4 rings (SSSR count). The third-order valence-electron chi connectivity index (χ3n) is 4.39. The van der Waals surface area contributed by atoms with Crippen LogP contribution in [0.25, 0.3) is 33.3 Å². The molecule has 0 bridgehead atoms. The molecule has 2 heterocycles. The summed E-state index contributed by atoms with van der Waals surface area (Å²) in [6, 6.07) is 16.3. The number of aryl methyl sites for hydroxylation is 1. The molecule has 0 amide bonds. The van der Waals surface area contributed by atoms with Crippen LogP contribution in [0.4, 0.5) is 10.2 Å². The van der Waals surface area contributed by atoms with Crippen molar-refractivity contribution in [1.29, 1.82) is 0 Å². The molecular formula is C21H15BrFN3. The molecule has 0 saturated heterocycles. The van der Waals surface area contributed by atoms with Crippen molar-refractivity contribution in [3.8, 4) is 22.4 Å². The van der Waals surface area contributed by atoms with Crippen molar-refractivity contribution >= 4 is 32.7 Å². The number of benzene rings is 2. The highest BCUT2D eigenvalue weighted by Gasteiger charge is 2.14. The number of halogens is 2. The van der Waals surface area contributed by atoms with E-state index in [-0.39, 0.29) is 5.82 Å². The van der Waals surface area contributed by atoms with Gasteiger partial charge in [-0.15, -0.1) is 0 Å². The maximum Gasteiger partial charge on any atom is 0.138 e. The highest BCUT2D eigenvalue weighted by molar-refractivity contribution is 9.10. The van der Waals surface area contributed by atoms with E-state index in [0.29, 0.717) is 11.5 Å². The number of nitrogens with two attached hydrogens (primary N) is 1. The van der Waals surface area contributed by atoms with Crippen LogP contribution < -0.4 is 5.73 Å². The van der Waals surface area contributed by atoms with Gasteiger partial charge in [-0.2, -0.15) is 0 Å². The second-order valence-electron chi connectivity index (χ2n) is 6.12. The number of hydrogen-bond donors (Lipinski definition) is 1. The molecule has 0 aliphatic rings. The summed E-state index contributed by atoms with van der Waals surface area (Å²) in [6.07, 6.45) is 1.81. The molecule has 2 aromatic carbocycles. The Morgan fingerprint density at radius 1 is 0.962 bits per heavy atom. The smallest absolute Gasteiger partial charge is 0.138 e. The molecule has 0 fully saturated rings. The largest absolute Gasteiger partial charge is 0.383 e. The number of hydrogen-bond acceptors (Lipinski definition) is 3. The highest BCUT2D eigenvalue weighted by Crippen LogP contribution is 2.36. The van der Waals surface area contributed by atoms with E-state index in [2.05, 4.69) is 38.9 Å². The van der Waals surface area contributed by atoms with Crippen LogP contribution in [-0.2, 0) is 0 Å². The first-order valence-corrected chi connectivity index (χ1v) is 8.90. The summed E-state index contributed by atoms with van der Waals surface area (Å²) in [5.41, 5.74) is 11.6. The maximum absolute atomic E-state index is 13.3. The predicted molar refractivity (Wildman–Crippen MR) is 107 cm³/mol. The molecule has 5 heteroatoms. The lowest BCUT2D eigenvalue weighted by Crippen LogP contribution is -1.97. The zero-order valence-corrected chi connectivity index (χ0v) is 15.6. The number of pyridine rings is 2. The van der Waals surface area contributed by atoms with Gasteiger partial charge in [0, 0.05) is 22.7 Å². The molecule has 0 aliphatic carbocycles. The van der Waals surface area contributed by atoms with E-state index in [9.17, 15) is 4.39 Å². The normalized spacial score (nSPS) is 11.0. The fourth-order valence-electron chi connectivity index (χ4n) is 3.00. The van der Waals surface area contributed by atoms with Gasteiger partial charge in [0.1, 0.15) is 11.6 Å². The topological polar surface area (TPSA) is 51.8 Å². The van der Waals surface area contributed by atoms with Gasteiger partial charge in [-0.3, -0.25) is 4.98 Å². The van der Waals surface area contributed by atoms with Crippen LogP contribution in [0, 0.1) is 12.7 Å². The zero-order chi connectivity index (χ0) is 18.3. The van der Waals surface area contributed by atoms with Crippen LogP contribution in [0.1, 0.15) is 5.56 Å². The van der Waals surface area contributed by atoms with Crippen molar-refractivity contribution in [1.82, 2.24) is 9.97 Å². The summed E-state index contributed by atoms with van der Waals surface area (Å²) < 4.78 is 14.1. The fourth-order valence-corrected chi connectivity index (χ4v) is 3.32. The molecule has 2 aromatic heterocycles. The quantitative estimate of drug-likeness (QED) is 0.459. The van der Waals surface area contributed by atoms with E-state index in [1.54, 1.807) is 12.1 Å².